The van der Waals surface area contributed by atoms with Crippen LogP contribution >= 0.6 is 24.0 Å². The fraction of sp³-hybridized carbons (Fsp3) is 0.571. The van der Waals surface area contributed by atoms with Gasteiger partial charge in [0.15, 0.2) is 5.96 Å². The van der Waals surface area contributed by atoms with E-state index >= 15 is 0 Å². The molecule has 0 amide bonds. The van der Waals surface area contributed by atoms with E-state index in [4.69, 9.17) is 9.47 Å². The number of likely N-dealkylation sites (tertiary alicyclic amines) is 1. The second-order valence-electron chi connectivity index (χ2n) is 7.01. The fourth-order valence-corrected chi connectivity index (χ4v) is 3.54. The Morgan fingerprint density at radius 2 is 2.19 bits per heavy atom. The van der Waals surface area contributed by atoms with Gasteiger partial charge in [0.2, 0.25) is 0 Å². The van der Waals surface area contributed by atoms with Crippen LogP contribution in [0.25, 0.3) is 0 Å². The predicted octanol–water partition coefficient (Wildman–Crippen LogP) is 3.46. The molecule has 0 spiro atoms. The lowest BCUT2D eigenvalue weighted by Crippen LogP contribution is -2.40. The van der Waals surface area contributed by atoms with Gasteiger partial charge in [-0.3, -0.25) is 4.99 Å². The van der Waals surface area contributed by atoms with Crippen LogP contribution in [-0.4, -0.2) is 57.4 Å². The highest BCUT2D eigenvalue weighted by atomic mass is 127. The van der Waals surface area contributed by atoms with E-state index in [1.165, 1.54) is 11.1 Å². The van der Waals surface area contributed by atoms with Crippen molar-refractivity contribution in [2.24, 2.45) is 10.9 Å². The highest BCUT2D eigenvalue weighted by Crippen LogP contribution is 2.17. The van der Waals surface area contributed by atoms with E-state index in [1.54, 1.807) is 0 Å². The van der Waals surface area contributed by atoms with Gasteiger partial charge >= 0.3 is 0 Å². The van der Waals surface area contributed by atoms with Crippen molar-refractivity contribution in [3.63, 3.8) is 0 Å². The summed E-state index contributed by atoms with van der Waals surface area (Å²) in [4.78, 5) is 6.82. The zero-order valence-electron chi connectivity index (χ0n) is 16.2. The zero-order valence-corrected chi connectivity index (χ0v) is 18.6. The van der Waals surface area contributed by atoms with Gasteiger partial charge < -0.3 is 19.7 Å². The standard InChI is InChI=1S/C21H31N3O2.HI/c1-22-21(23-11-7-18-9-13-25-14-10-18)24-12-8-20(15-24)17-26-16-19-5-3-2-4-6-19;/h2-6,9,20H,7-8,10-17H2,1H3,(H,22,23);1H. The lowest BCUT2D eigenvalue weighted by atomic mass is 10.1. The molecule has 0 aliphatic carbocycles. The van der Waals surface area contributed by atoms with Crippen molar-refractivity contribution in [3.8, 4) is 0 Å². The Morgan fingerprint density at radius 1 is 1.33 bits per heavy atom. The average Bonchev–Trinajstić information content (AvgIpc) is 3.16. The van der Waals surface area contributed by atoms with Crippen LogP contribution in [0.1, 0.15) is 24.8 Å². The van der Waals surface area contributed by atoms with E-state index in [9.17, 15) is 0 Å². The molecule has 1 aromatic rings. The van der Waals surface area contributed by atoms with Crippen molar-refractivity contribution in [2.75, 3.05) is 46.5 Å². The Bertz CT molecular complexity index is 607. The molecule has 2 heterocycles. The molecule has 1 atom stereocenters. The SMILES string of the molecule is CN=C(NCCC1=CCOCC1)N1CCC(COCc2ccccc2)C1.I. The first-order valence-electron chi connectivity index (χ1n) is 9.68. The fourth-order valence-electron chi connectivity index (χ4n) is 3.54. The van der Waals surface area contributed by atoms with Gasteiger partial charge in [0.05, 0.1) is 26.4 Å². The first-order valence-corrected chi connectivity index (χ1v) is 9.68. The van der Waals surface area contributed by atoms with Crippen LogP contribution in [-0.2, 0) is 16.1 Å². The van der Waals surface area contributed by atoms with Gasteiger partial charge in [-0.1, -0.05) is 42.0 Å². The summed E-state index contributed by atoms with van der Waals surface area (Å²) in [6, 6.07) is 10.4. The van der Waals surface area contributed by atoms with E-state index in [0.717, 1.165) is 64.7 Å². The van der Waals surface area contributed by atoms with Crippen molar-refractivity contribution in [2.45, 2.75) is 25.9 Å². The normalized spacial score (nSPS) is 20.2. The second-order valence-corrected chi connectivity index (χ2v) is 7.01. The van der Waals surface area contributed by atoms with E-state index in [-0.39, 0.29) is 24.0 Å². The molecule has 2 aliphatic heterocycles. The van der Waals surface area contributed by atoms with Crippen LogP contribution in [0.3, 0.4) is 0 Å². The number of hydrogen-bond donors (Lipinski definition) is 1. The van der Waals surface area contributed by atoms with Crippen molar-refractivity contribution in [1.29, 1.82) is 0 Å². The second kappa shape index (κ2) is 12.4. The highest BCUT2D eigenvalue weighted by Gasteiger charge is 2.24. The number of aliphatic imine (C=N–C) groups is 1. The van der Waals surface area contributed by atoms with Crippen LogP contribution in [0.5, 0.6) is 0 Å². The Balaban J connectivity index is 0.00000261. The molecule has 0 radical (unpaired) electrons. The highest BCUT2D eigenvalue weighted by molar-refractivity contribution is 14.0. The number of hydrogen-bond acceptors (Lipinski definition) is 3. The molecule has 1 fully saturated rings. The maximum Gasteiger partial charge on any atom is 0.193 e. The molecule has 150 valence electrons. The third-order valence-corrected chi connectivity index (χ3v) is 5.05. The van der Waals surface area contributed by atoms with Crippen molar-refractivity contribution in [3.05, 3.63) is 47.5 Å². The quantitative estimate of drug-likeness (QED) is 0.278. The molecule has 27 heavy (non-hydrogen) atoms. The van der Waals surface area contributed by atoms with Gasteiger partial charge in [-0.15, -0.1) is 24.0 Å². The molecule has 1 aromatic carbocycles. The molecular weight excluding hydrogens is 453 g/mol. The molecule has 3 rings (SSSR count). The van der Waals surface area contributed by atoms with E-state index in [0.29, 0.717) is 12.5 Å². The number of benzene rings is 1. The predicted molar refractivity (Wildman–Crippen MR) is 121 cm³/mol. The molecule has 1 saturated heterocycles. The molecular formula is C21H32IN3O2. The number of nitrogens with one attached hydrogen (secondary N) is 1. The first-order chi connectivity index (χ1) is 12.8. The minimum absolute atomic E-state index is 0. The first kappa shape index (κ1) is 22.2. The van der Waals surface area contributed by atoms with Crippen molar-refractivity contribution < 1.29 is 9.47 Å². The molecule has 0 saturated carbocycles. The van der Waals surface area contributed by atoms with Gasteiger partial charge in [-0.2, -0.15) is 0 Å². The van der Waals surface area contributed by atoms with E-state index in [1.807, 2.05) is 13.1 Å². The van der Waals surface area contributed by atoms with Gasteiger partial charge in [-0.05, 0) is 24.8 Å². The van der Waals surface area contributed by atoms with Gasteiger partial charge in [0, 0.05) is 32.6 Å². The summed E-state index contributed by atoms with van der Waals surface area (Å²) in [6.07, 6.45) is 5.51. The van der Waals surface area contributed by atoms with Gasteiger partial charge in [0.1, 0.15) is 0 Å². The molecule has 0 aromatic heterocycles. The molecule has 1 unspecified atom stereocenters. The third kappa shape index (κ3) is 7.43. The van der Waals surface area contributed by atoms with Gasteiger partial charge in [-0.25, -0.2) is 0 Å². The number of guanidine groups is 1. The summed E-state index contributed by atoms with van der Waals surface area (Å²) >= 11 is 0. The minimum Gasteiger partial charge on any atom is -0.377 e. The number of nitrogens with zero attached hydrogens (tertiary/aromatic N) is 2. The van der Waals surface area contributed by atoms with Crippen molar-refractivity contribution >= 4 is 29.9 Å². The lowest BCUT2D eigenvalue weighted by molar-refractivity contribution is 0.0907. The molecule has 5 nitrogen and oxygen atoms in total. The summed E-state index contributed by atoms with van der Waals surface area (Å²) in [5.41, 5.74) is 2.73. The molecule has 1 N–H and O–H groups in total. The van der Waals surface area contributed by atoms with Gasteiger partial charge in [0.25, 0.3) is 0 Å². The minimum atomic E-state index is 0. The molecule has 2 aliphatic rings. The topological polar surface area (TPSA) is 46.1 Å². The summed E-state index contributed by atoms with van der Waals surface area (Å²) in [7, 11) is 1.87. The van der Waals surface area contributed by atoms with Crippen molar-refractivity contribution in [1.82, 2.24) is 10.2 Å². The van der Waals surface area contributed by atoms with Crippen LogP contribution in [0, 0.1) is 5.92 Å². The Kier molecular flexibility index (Phi) is 10.2. The lowest BCUT2D eigenvalue weighted by Gasteiger charge is -2.22. The molecule has 6 heteroatoms. The average molecular weight is 485 g/mol. The summed E-state index contributed by atoms with van der Waals surface area (Å²) in [6.45, 7) is 6.14. The zero-order chi connectivity index (χ0) is 18.0. The maximum atomic E-state index is 5.92. The Hall–Kier alpha value is -1.12. The number of ether oxygens (including phenoxy) is 2. The van der Waals surface area contributed by atoms with Crippen LogP contribution in [0.15, 0.2) is 47.0 Å². The number of rotatable bonds is 7. The smallest absolute Gasteiger partial charge is 0.193 e. The van der Waals surface area contributed by atoms with Crippen LogP contribution in [0.2, 0.25) is 0 Å². The molecule has 0 bridgehead atoms. The summed E-state index contributed by atoms with van der Waals surface area (Å²) in [5, 5.41) is 3.51. The Labute approximate surface area is 180 Å². The van der Waals surface area contributed by atoms with Crippen LogP contribution in [0.4, 0.5) is 0 Å². The van der Waals surface area contributed by atoms with Crippen LogP contribution < -0.4 is 5.32 Å². The maximum absolute atomic E-state index is 5.92. The monoisotopic (exact) mass is 485 g/mol. The van der Waals surface area contributed by atoms with E-state index in [2.05, 4.69) is 45.6 Å². The summed E-state index contributed by atoms with van der Waals surface area (Å²) < 4.78 is 11.3. The Morgan fingerprint density at radius 3 is 2.93 bits per heavy atom. The third-order valence-electron chi connectivity index (χ3n) is 5.05. The van der Waals surface area contributed by atoms with E-state index < -0.39 is 0 Å². The largest absolute Gasteiger partial charge is 0.377 e. The summed E-state index contributed by atoms with van der Waals surface area (Å²) in [5.74, 6) is 1.60. The number of halogens is 1.